The van der Waals surface area contributed by atoms with E-state index >= 15 is 0 Å². The zero-order chi connectivity index (χ0) is 15.5. The van der Waals surface area contributed by atoms with E-state index in [0.717, 1.165) is 55.1 Å². The quantitative estimate of drug-likeness (QED) is 0.947. The van der Waals surface area contributed by atoms with Gasteiger partial charge in [-0.15, -0.1) is 0 Å². The number of piperidine rings is 1. The monoisotopic (exact) mass is 298 g/mol. The van der Waals surface area contributed by atoms with E-state index < -0.39 is 0 Å². The molecule has 22 heavy (non-hydrogen) atoms. The summed E-state index contributed by atoms with van der Waals surface area (Å²) >= 11 is 0. The Balaban J connectivity index is 1.56. The Morgan fingerprint density at radius 1 is 1.32 bits per heavy atom. The number of aryl methyl sites for hydroxylation is 2. The molecule has 5 nitrogen and oxygen atoms in total. The number of H-pyrrole nitrogens is 1. The molecule has 0 aliphatic carbocycles. The van der Waals surface area contributed by atoms with E-state index in [1.54, 1.807) is 0 Å². The molecule has 0 radical (unpaired) electrons. The molecule has 1 aliphatic rings. The first-order valence-electron chi connectivity index (χ1n) is 7.85. The van der Waals surface area contributed by atoms with Gasteiger partial charge in [0.25, 0.3) is 5.91 Å². The number of carbonyl (C=O) groups is 1. The van der Waals surface area contributed by atoms with Crippen molar-refractivity contribution in [3.63, 3.8) is 0 Å². The number of aromatic amines is 1. The maximum atomic E-state index is 12.5. The fourth-order valence-electron chi connectivity index (χ4n) is 3.04. The van der Waals surface area contributed by atoms with Crippen molar-refractivity contribution in [3.05, 3.63) is 47.0 Å². The third-order valence-corrected chi connectivity index (χ3v) is 4.28. The van der Waals surface area contributed by atoms with Crippen molar-refractivity contribution < 1.29 is 4.79 Å². The average molecular weight is 298 g/mol. The van der Waals surface area contributed by atoms with Gasteiger partial charge in [-0.2, -0.15) is 5.10 Å². The summed E-state index contributed by atoms with van der Waals surface area (Å²) in [5.41, 5.74) is 1.92. The summed E-state index contributed by atoms with van der Waals surface area (Å²) in [6.07, 6.45) is 2.94. The van der Waals surface area contributed by atoms with Crippen molar-refractivity contribution >= 4 is 5.91 Å². The summed E-state index contributed by atoms with van der Waals surface area (Å²) in [7, 11) is 0. The third-order valence-electron chi connectivity index (χ3n) is 4.28. The molecule has 116 valence electrons. The van der Waals surface area contributed by atoms with Crippen LogP contribution in [-0.4, -0.2) is 39.1 Å². The fourth-order valence-corrected chi connectivity index (χ4v) is 3.04. The minimum absolute atomic E-state index is 0.149. The molecule has 5 heteroatoms. The fraction of sp³-hybridized carbons (Fsp3) is 0.471. The van der Waals surface area contributed by atoms with Crippen LogP contribution in [0.4, 0.5) is 0 Å². The molecule has 1 N–H and O–H groups in total. The lowest BCUT2D eigenvalue weighted by atomic mass is 9.93. The summed E-state index contributed by atoms with van der Waals surface area (Å²) in [5, 5.41) is 7.09. The highest BCUT2D eigenvalue weighted by molar-refractivity contribution is 5.94. The molecule has 0 atom stereocenters. The maximum absolute atomic E-state index is 12.5. The van der Waals surface area contributed by atoms with Crippen LogP contribution in [0, 0.1) is 19.8 Å². The average Bonchev–Trinajstić information content (AvgIpc) is 2.92. The minimum atomic E-state index is 0.149. The summed E-state index contributed by atoms with van der Waals surface area (Å²) in [6.45, 7) is 5.57. The number of rotatable bonds is 3. The first-order chi connectivity index (χ1) is 10.6. The second kappa shape index (κ2) is 6.30. The Hall–Kier alpha value is -2.17. The number of aromatic nitrogens is 3. The summed E-state index contributed by atoms with van der Waals surface area (Å²) in [5.74, 6) is 2.47. The van der Waals surface area contributed by atoms with Crippen LogP contribution in [0.5, 0.6) is 0 Å². The van der Waals surface area contributed by atoms with Gasteiger partial charge in [0.1, 0.15) is 5.82 Å². The molecule has 1 amide bonds. The summed E-state index contributed by atoms with van der Waals surface area (Å²) in [4.78, 5) is 18.9. The number of hydrogen-bond donors (Lipinski definition) is 1. The molecule has 0 unspecified atom stereocenters. The molecule has 1 fully saturated rings. The molecular formula is C17H22N4O. The Morgan fingerprint density at radius 2 is 2.09 bits per heavy atom. The minimum Gasteiger partial charge on any atom is -0.339 e. The van der Waals surface area contributed by atoms with E-state index in [2.05, 4.69) is 15.2 Å². The van der Waals surface area contributed by atoms with E-state index in [-0.39, 0.29) is 5.91 Å². The Morgan fingerprint density at radius 3 is 2.73 bits per heavy atom. The van der Waals surface area contributed by atoms with E-state index in [1.165, 1.54) is 0 Å². The van der Waals surface area contributed by atoms with Crippen LogP contribution in [-0.2, 0) is 6.42 Å². The molecule has 0 bridgehead atoms. The van der Waals surface area contributed by atoms with E-state index in [0.29, 0.717) is 5.92 Å². The van der Waals surface area contributed by atoms with Gasteiger partial charge in [-0.1, -0.05) is 17.7 Å². The second-order valence-electron chi connectivity index (χ2n) is 6.15. The lowest BCUT2D eigenvalue weighted by Crippen LogP contribution is -2.39. The van der Waals surface area contributed by atoms with Crippen LogP contribution in [0.15, 0.2) is 24.3 Å². The van der Waals surface area contributed by atoms with Crippen molar-refractivity contribution in [2.75, 3.05) is 13.1 Å². The number of nitrogens with one attached hydrogen (secondary N) is 1. The van der Waals surface area contributed by atoms with Crippen molar-refractivity contribution in [1.29, 1.82) is 0 Å². The second-order valence-corrected chi connectivity index (χ2v) is 6.15. The maximum Gasteiger partial charge on any atom is 0.253 e. The smallest absolute Gasteiger partial charge is 0.253 e. The van der Waals surface area contributed by atoms with Crippen molar-refractivity contribution in [1.82, 2.24) is 20.1 Å². The summed E-state index contributed by atoms with van der Waals surface area (Å²) in [6, 6.07) is 7.82. The standard InChI is InChI=1S/C17H22N4O/c1-12-4-3-5-15(10-12)17(22)21-8-6-14(7-9-21)11-16-18-13(2)19-20-16/h3-5,10,14H,6-9,11H2,1-2H3,(H,18,19,20). The van der Waals surface area contributed by atoms with Crippen LogP contribution >= 0.6 is 0 Å². The van der Waals surface area contributed by atoms with Crippen LogP contribution < -0.4 is 0 Å². The molecule has 1 aromatic heterocycles. The molecule has 1 aromatic carbocycles. The highest BCUT2D eigenvalue weighted by atomic mass is 16.2. The van der Waals surface area contributed by atoms with Gasteiger partial charge in [0.05, 0.1) is 0 Å². The molecule has 0 saturated carbocycles. The zero-order valence-electron chi connectivity index (χ0n) is 13.2. The Bertz CT molecular complexity index is 656. The van der Waals surface area contributed by atoms with Gasteiger partial charge in [0.15, 0.2) is 5.82 Å². The van der Waals surface area contributed by atoms with E-state index in [1.807, 2.05) is 43.0 Å². The lowest BCUT2D eigenvalue weighted by Gasteiger charge is -2.31. The number of likely N-dealkylation sites (tertiary alicyclic amines) is 1. The predicted octanol–water partition coefficient (Wildman–Crippen LogP) is 2.52. The van der Waals surface area contributed by atoms with Crippen LogP contribution in [0.25, 0.3) is 0 Å². The molecule has 3 rings (SSSR count). The van der Waals surface area contributed by atoms with Crippen LogP contribution in [0.1, 0.15) is 40.4 Å². The largest absolute Gasteiger partial charge is 0.339 e. The van der Waals surface area contributed by atoms with E-state index in [9.17, 15) is 4.79 Å². The number of amides is 1. The van der Waals surface area contributed by atoms with Gasteiger partial charge in [-0.05, 0) is 44.7 Å². The topological polar surface area (TPSA) is 61.9 Å². The number of hydrogen-bond acceptors (Lipinski definition) is 3. The zero-order valence-corrected chi connectivity index (χ0v) is 13.2. The molecular weight excluding hydrogens is 276 g/mol. The normalized spacial score (nSPS) is 16.0. The molecule has 1 saturated heterocycles. The SMILES string of the molecule is Cc1cccc(C(=O)N2CCC(Cc3n[nH]c(C)n3)CC2)c1. The summed E-state index contributed by atoms with van der Waals surface area (Å²) < 4.78 is 0. The van der Waals surface area contributed by atoms with Gasteiger partial charge in [-0.3, -0.25) is 9.89 Å². The Labute approximate surface area is 130 Å². The number of benzene rings is 1. The third kappa shape index (κ3) is 3.35. The Kier molecular flexibility index (Phi) is 4.22. The molecule has 0 spiro atoms. The molecule has 2 aromatic rings. The number of nitrogens with zero attached hydrogens (tertiary/aromatic N) is 3. The van der Waals surface area contributed by atoms with Crippen LogP contribution in [0.3, 0.4) is 0 Å². The van der Waals surface area contributed by atoms with E-state index in [4.69, 9.17) is 0 Å². The lowest BCUT2D eigenvalue weighted by molar-refractivity contribution is 0.0690. The molecule has 2 heterocycles. The first-order valence-corrected chi connectivity index (χ1v) is 7.85. The highest BCUT2D eigenvalue weighted by Crippen LogP contribution is 2.22. The van der Waals surface area contributed by atoms with Crippen molar-refractivity contribution in [2.24, 2.45) is 5.92 Å². The van der Waals surface area contributed by atoms with Gasteiger partial charge in [0, 0.05) is 25.1 Å². The van der Waals surface area contributed by atoms with Gasteiger partial charge < -0.3 is 4.90 Å². The highest BCUT2D eigenvalue weighted by Gasteiger charge is 2.24. The van der Waals surface area contributed by atoms with Crippen LogP contribution in [0.2, 0.25) is 0 Å². The predicted molar refractivity (Wildman–Crippen MR) is 84.6 cm³/mol. The van der Waals surface area contributed by atoms with Gasteiger partial charge in [0.2, 0.25) is 0 Å². The van der Waals surface area contributed by atoms with Crippen molar-refractivity contribution in [3.8, 4) is 0 Å². The first kappa shape index (κ1) is 14.8. The molecule has 1 aliphatic heterocycles. The van der Waals surface area contributed by atoms with Gasteiger partial charge in [-0.25, -0.2) is 4.98 Å². The van der Waals surface area contributed by atoms with Crippen molar-refractivity contribution in [2.45, 2.75) is 33.1 Å². The number of carbonyl (C=O) groups excluding carboxylic acids is 1. The van der Waals surface area contributed by atoms with Gasteiger partial charge >= 0.3 is 0 Å².